The molecule has 2 heterocycles. The van der Waals surface area contributed by atoms with Crippen molar-refractivity contribution in [2.75, 3.05) is 10.6 Å². The average molecular weight is 735 g/mol. The normalized spacial score (nSPS) is 18.3. The van der Waals surface area contributed by atoms with Crippen LogP contribution in [0.5, 0.6) is 23.0 Å². The summed E-state index contributed by atoms with van der Waals surface area (Å²) < 4.78 is 56.3. The van der Waals surface area contributed by atoms with Gasteiger partial charge in [-0.3, -0.25) is 9.59 Å². The second kappa shape index (κ2) is 13.0. The first-order valence-electron chi connectivity index (χ1n) is 16.5. The van der Waals surface area contributed by atoms with Crippen molar-refractivity contribution in [3.8, 4) is 23.0 Å². The van der Waals surface area contributed by atoms with Gasteiger partial charge in [-0.2, -0.15) is 0 Å². The molecule has 0 bridgehead atoms. The number of carbonyl (C=O) groups is 2. The third kappa shape index (κ3) is 5.28. The van der Waals surface area contributed by atoms with E-state index in [1.165, 1.54) is 54.6 Å². The van der Waals surface area contributed by atoms with Gasteiger partial charge in [0.25, 0.3) is 0 Å². The molecular weight excluding hydrogens is 704 g/mol. The van der Waals surface area contributed by atoms with Crippen molar-refractivity contribution in [3.05, 3.63) is 177 Å². The summed E-state index contributed by atoms with van der Waals surface area (Å²) in [6.45, 7) is 3.41. The number of phenols is 4. The Hall–Kier alpha value is -6.82. The zero-order valence-electron chi connectivity index (χ0n) is 28.5. The second-order valence-electron chi connectivity index (χ2n) is 13.1. The van der Waals surface area contributed by atoms with Crippen molar-refractivity contribution in [2.45, 2.75) is 24.7 Å². The Bertz CT molecular complexity index is 2510. The minimum absolute atomic E-state index is 0.0136. The lowest BCUT2D eigenvalue weighted by Crippen LogP contribution is -2.37. The van der Waals surface area contributed by atoms with Crippen LogP contribution in [0.25, 0.3) is 0 Å². The number of hydrogen-bond donors (Lipinski definition) is 6. The topological polar surface area (TPSA) is 139 Å². The maximum Gasteiger partial charge on any atom is 0.244 e. The van der Waals surface area contributed by atoms with Gasteiger partial charge in [0.15, 0.2) is 23.3 Å². The van der Waals surface area contributed by atoms with Crippen molar-refractivity contribution >= 4 is 23.2 Å². The van der Waals surface area contributed by atoms with Gasteiger partial charge >= 0.3 is 0 Å². The standard InChI is InChI=1S/2C21H15F2NO3/c1-11-10-13(4-9-17(11)26)21(12-2-5-14(25)6-3-12)15-7-8-16(22)18(23)19(15)24-20(21)27;1-11-10-14(26)6-7-15(11)21(12-2-4-13(25)5-3-12)16-8-9-17(22)18(23)19(16)24-20(21)27/h2*2-10,25-26H,1H3,(H,24,27). The first-order valence-corrected chi connectivity index (χ1v) is 16.5. The molecule has 272 valence electrons. The number of rotatable bonds is 4. The molecule has 2 atom stereocenters. The number of aryl methyl sites for hydroxylation is 2. The van der Waals surface area contributed by atoms with Crippen LogP contribution in [0, 0.1) is 37.1 Å². The van der Waals surface area contributed by atoms with Gasteiger partial charge in [-0.05, 0) is 102 Å². The highest BCUT2D eigenvalue weighted by Gasteiger charge is 2.53. The van der Waals surface area contributed by atoms with Crippen LogP contribution < -0.4 is 10.6 Å². The fraction of sp³-hybridized carbons (Fsp3) is 0.0952. The second-order valence-corrected chi connectivity index (χ2v) is 13.1. The van der Waals surface area contributed by atoms with Crippen molar-refractivity contribution in [3.63, 3.8) is 0 Å². The van der Waals surface area contributed by atoms with Crippen molar-refractivity contribution < 1.29 is 47.6 Å². The van der Waals surface area contributed by atoms with Gasteiger partial charge in [0.1, 0.15) is 33.8 Å². The lowest BCUT2D eigenvalue weighted by molar-refractivity contribution is -0.119. The Morgan fingerprint density at radius 3 is 1.39 bits per heavy atom. The lowest BCUT2D eigenvalue weighted by Gasteiger charge is -2.30. The maximum absolute atomic E-state index is 14.4. The summed E-state index contributed by atoms with van der Waals surface area (Å²) in [4.78, 5) is 26.4. The fourth-order valence-corrected chi connectivity index (χ4v) is 7.46. The molecule has 8 nitrogen and oxygen atoms in total. The number of carbonyl (C=O) groups excluding carboxylic acids is 2. The van der Waals surface area contributed by atoms with Gasteiger partial charge in [-0.15, -0.1) is 0 Å². The van der Waals surface area contributed by atoms with E-state index < -0.39 is 45.9 Å². The first kappa shape index (κ1) is 35.6. The molecule has 2 amide bonds. The van der Waals surface area contributed by atoms with Crippen LogP contribution in [0.15, 0.2) is 109 Å². The zero-order valence-corrected chi connectivity index (χ0v) is 28.5. The van der Waals surface area contributed by atoms with E-state index in [2.05, 4.69) is 10.6 Å². The van der Waals surface area contributed by atoms with Crippen molar-refractivity contribution in [1.29, 1.82) is 0 Å². The van der Waals surface area contributed by atoms with Gasteiger partial charge < -0.3 is 31.1 Å². The molecule has 0 saturated heterocycles. The molecule has 0 spiro atoms. The molecule has 54 heavy (non-hydrogen) atoms. The van der Waals surface area contributed by atoms with Crippen molar-refractivity contribution in [1.82, 2.24) is 0 Å². The number of halogens is 4. The van der Waals surface area contributed by atoms with Crippen LogP contribution in [-0.2, 0) is 20.4 Å². The third-order valence-electron chi connectivity index (χ3n) is 10.0. The molecule has 0 aliphatic carbocycles. The smallest absolute Gasteiger partial charge is 0.244 e. The summed E-state index contributed by atoms with van der Waals surface area (Å²) in [5.41, 5.74) is 0.339. The number of fused-ring (bicyclic) bond motifs is 2. The monoisotopic (exact) mass is 734 g/mol. The Kier molecular flexibility index (Phi) is 8.56. The number of nitrogens with one attached hydrogen (secondary N) is 2. The molecule has 0 radical (unpaired) electrons. The van der Waals surface area contributed by atoms with Crippen LogP contribution in [0.4, 0.5) is 28.9 Å². The highest BCUT2D eigenvalue weighted by molar-refractivity contribution is 6.12. The molecule has 2 aliphatic rings. The molecule has 8 rings (SSSR count). The van der Waals surface area contributed by atoms with Crippen molar-refractivity contribution in [2.24, 2.45) is 0 Å². The number of amides is 2. The quantitative estimate of drug-likeness (QED) is 0.102. The van der Waals surface area contributed by atoms with Crippen LogP contribution in [0.3, 0.4) is 0 Å². The SMILES string of the molecule is Cc1cc(C2(c3ccc(O)cc3)C(=O)Nc3c2ccc(F)c3F)ccc1O.Cc1cc(O)ccc1C1(c2ccc(O)cc2)C(=O)Nc2c1ccc(F)c2F. The lowest BCUT2D eigenvalue weighted by atomic mass is 9.69. The molecule has 6 aromatic carbocycles. The Morgan fingerprint density at radius 2 is 0.889 bits per heavy atom. The minimum Gasteiger partial charge on any atom is -0.508 e. The van der Waals surface area contributed by atoms with E-state index in [0.717, 1.165) is 12.1 Å². The zero-order chi connectivity index (χ0) is 38.7. The van der Waals surface area contributed by atoms with Gasteiger partial charge in [-0.25, -0.2) is 17.6 Å². The van der Waals surface area contributed by atoms with Crippen LogP contribution in [0.2, 0.25) is 0 Å². The molecule has 0 aromatic heterocycles. The summed E-state index contributed by atoms with van der Waals surface area (Å²) in [5.74, 6) is -5.34. The molecule has 2 unspecified atom stereocenters. The molecule has 12 heteroatoms. The summed E-state index contributed by atoms with van der Waals surface area (Å²) >= 11 is 0. The van der Waals surface area contributed by atoms with Crippen LogP contribution >= 0.6 is 0 Å². The Morgan fingerprint density at radius 1 is 0.463 bits per heavy atom. The van der Waals surface area contributed by atoms with Crippen LogP contribution in [0.1, 0.15) is 44.5 Å². The average Bonchev–Trinajstić information content (AvgIpc) is 3.62. The largest absolute Gasteiger partial charge is 0.508 e. The first-order chi connectivity index (χ1) is 25.7. The molecular formula is C42H30F4N2O6. The number of hydrogen-bond acceptors (Lipinski definition) is 6. The van der Waals surface area contributed by atoms with E-state index >= 15 is 0 Å². The number of phenolic OH excluding ortho intramolecular Hbond substituents is 4. The highest BCUT2D eigenvalue weighted by Crippen LogP contribution is 2.51. The summed E-state index contributed by atoms with van der Waals surface area (Å²) in [6.07, 6.45) is 0. The van der Waals surface area contributed by atoms with Gasteiger partial charge in [0.2, 0.25) is 11.8 Å². The van der Waals surface area contributed by atoms with Gasteiger partial charge in [0, 0.05) is 11.1 Å². The van der Waals surface area contributed by atoms with Gasteiger partial charge in [-0.1, -0.05) is 54.6 Å². The van der Waals surface area contributed by atoms with E-state index in [4.69, 9.17) is 0 Å². The number of benzene rings is 6. The molecule has 6 N–H and O–H groups in total. The third-order valence-corrected chi connectivity index (χ3v) is 10.0. The van der Waals surface area contributed by atoms with Gasteiger partial charge in [0.05, 0.1) is 11.4 Å². The molecule has 0 fully saturated rings. The van der Waals surface area contributed by atoms with Crippen LogP contribution in [-0.4, -0.2) is 32.2 Å². The number of anilines is 2. The minimum atomic E-state index is -1.45. The highest BCUT2D eigenvalue weighted by atomic mass is 19.2. The van der Waals surface area contributed by atoms with E-state index in [-0.39, 0.29) is 45.5 Å². The summed E-state index contributed by atoms with van der Waals surface area (Å²) in [6, 6.07) is 25.9. The Balaban J connectivity index is 0.000000167. The van der Waals surface area contributed by atoms with E-state index in [1.54, 1.807) is 56.3 Å². The molecule has 0 saturated carbocycles. The summed E-state index contributed by atoms with van der Waals surface area (Å²) in [7, 11) is 0. The van der Waals surface area contributed by atoms with E-state index in [1.807, 2.05) is 0 Å². The predicted octanol–water partition coefficient (Wildman–Crippen LogP) is 7.94. The molecule has 2 aliphatic heterocycles. The summed E-state index contributed by atoms with van der Waals surface area (Å²) in [5, 5.41) is 43.9. The van der Waals surface area contributed by atoms with E-state index in [9.17, 15) is 47.6 Å². The number of aromatic hydroxyl groups is 4. The van der Waals surface area contributed by atoms with E-state index in [0.29, 0.717) is 33.4 Å². The molecule has 6 aromatic rings. The maximum atomic E-state index is 14.4. The fourth-order valence-electron chi connectivity index (χ4n) is 7.46. The predicted molar refractivity (Wildman–Crippen MR) is 192 cm³/mol. The Labute approximate surface area is 305 Å².